The summed E-state index contributed by atoms with van der Waals surface area (Å²) in [7, 11) is 0. The van der Waals surface area contributed by atoms with Gasteiger partial charge in [-0.15, -0.1) is 0 Å². The molecule has 2 aromatic rings. The average Bonchev–Trinajstić information content (AvgIpc) is 2.92. The van der Waals surface area contributed by atoms with Crippen LogP contribution in [-0.2, 0) is 6.54 Å². The quantitative estimate of drug-likeness (QED) is 0.763. The molecule has 0 N–H and O–H groups in total. The maximum absolute atomic E-state index is 12.7. The van der Waals surface area contributed by atoms with Crippen LogP contribution in [0.4, 0.5) is 4.79 Å². The number of hydrogen-bond acceptors (Lipinski definition) is 1. The fraction of sp³-hybridized carbons (Fsp3) is 0.278. The number of nitrogens with zero attached hydrogens (tertiary/aromatic N) is 2. The van der Waals surface area contributed by atoms with E-state index in [2.05, 4.69) is 6.92 Å². The molecule has 3 rings (SSSR count). The van der Waals surface area contributed by atoms with Gasteiger partial charge in [-0.05, 0) is 24.6 Å². The molecule has 0 aliphatic carbocycles. The number of hydrogen-bond donors (Lipinski definition) is 0. The van der Waals surface area contributed by atoms with Crippen LogP contribution in [0.3, 0.4) is 0 Å². The number of urea groups is 1. The molecule has 1 unspecified atom stereocenters. The van der Waals surface area contributed by atoms with Crippen molar-refractivity contribution in [3.63, 3.8) is 0 Å². The van der Waals surface area contributed by atoms with Crippen LogP contribution < -0.4 is 0 Å². The molecular weight excluding hydrogens is 331 g/mol. The molecule has 3 nitrogen and oxygen atoms in total. The first-order valence-corrected chi connectivity index (χ1v) is 8.37. The minimum absolute atomic E-state index is 0.0253. The van der Waals surface area contributed by atoms with Crippen molar-refractivity contribution in [2.75, 3.05) is 13.1 Å². The van der Waals surface area contributed by atoms with Crippen LogP contribution >= 0.6 is 23.2 Å². The first-order chi connectivity index (χ1) is 11.1. The summed E-state index contributed by atoms with van der Waals surface area (Å²) in [6.45, 7) is 3.88. The minimum Gasteiger partial charge on any atom is -0.318 e. The van der Waals surface area contributed by atoms with E-state index in [1.54, 1.807) is 17.0 Å². The van der Waals surface area contributed by atoms with Crippen LogP contribution in [0.15, 0.2) is 48.5 Å². The minimum atomic E-state index is 0.0253. The molecule has 0 radical (unpaired) electrons. The van der Waals surface area contributed by atoms with E-state index >= 15 is 0 Å². The Morgan fingerprint density at radius 2 is 1.65 bits per heavy atom. The Bertz CT molecular complexity index is 685. The second-order valence-electron chi connectivity index (χ2n) is 5.68. The topological polar surface area (TPSA) is 23.6 Å². The lowest BCUT2D eigenvalue weighted by atomic mass is 10.1. The maximum Gasteiger partial charge on any atom is 0.320 e. The van der Waals surface area contributed by atoms with E-state index in [1.807, 2.05) is 41.3 Å². The van der Waals surface area contributed by atoms with Gasteiger partial charge in [-0.1, -0.05) is 59.6 Å². The van der Waals surface area contributed by atoms with Gasteiger partial charge in [0.15, 0.2) is 0 Å². The summed E-state index contributed by atoms with van der Waals surface area (Å²) in [6.07, 6.45) is 0. The van der Waals surface area contributed by atoms with Crippen LogP contribution in [0.1, 0.15) is 24.1 Å². The van der Waals surface area contributed by atoms with Crippen molar-refractivity contribution >= 4 is 29.2 Å². The van der Waals surface area contributed by atoms with E-state index in [4.69, 9.17) is 23.2 Å². The van der Waals surface area contributed by atoms with Gasteiger partial charge in [0, 0.05) is 28.7 Å². The standard InChI is InChI=1S/C18H18Cl2N2O/c1-13(14-6-3-2-4-7-14)22-11-10-21(18(22)23)12-15-16(19)8-5-9-17(15)20/h2-9,13H,10-12H2,1H3. The first-order valence-electron chi connectivity index (χ1n) is 7.61. The Labute approximate surface area is 146 Å². The molecule has 120 valence electrons. The SMILES string of the molecule is CC(c1ccccc1)N1CCN(Cc2c(Cl)cccc2Cl)C1=O. The van der Waals surface area contributed by atoms with Crippen LogP contribution in [0.2, 0.25) is 10.0 Å². The highest BCUT2D eigenvalue weighted by molar-refractivity contribution is 6.36. The van der Waals surface area contributed by atoms with Crippen LogP contribution in [0, 0.1) is 0 Å². The fourth-order valence-electron chi connectivity index (χ4n) is 2.89. The molecule has 2 aromatic carbocycles. The van der Waals surface area contributed by atoms with Gasteiger partial charge in [-0.3, -0.25) is 0 Å². The normalized spacial score (nSPS) is 16.0. The molecule has 1 fully saturated rings. The summed E-state index contributed by atoms with van der Waals surface area (Å²) < 4.78 is 0. The Balaban J connectivity index is 1.74. The smallest absolute Gasteiger partial charge is 0.318 e. The van der Waals surface area contributed by atoms with Gasteiger partial charge in [0.1, 0.15) is 0 Å². The first kappa shape index (κ1) is 16.2. The molecule has 0 spiro atoms. The average molecular weight is 349 g/mol. The van der Waals surface area contributed by atoms with Crippen molar-refractivity contribution in [3.05, 3.63) is 69.7 Å². The number of rotatable bonds is 4. The number of halogens is 2. The molecule has 1 heterocycles. The number of carbonyl (C=O) groups is 1. The van der Waals surface area contributed by atoms with Gasteiger partial charge in [-0.25, -0.2) is 4.79 Å². The number of benzene rings is 2. The van der Waals surface area contributed by atoms with Crippen LogP contribution in [0.5, 0.6) is 0 Å². The Hall–Kier alpha value is -1.71. The zero-order valence-electron chi connectivity index (χ0n) is 12.9. The lowest BCUT2D eigenvalue weighted by molar-refractivity contribution is 0.179. The summed E-state index contributed by atoms with van der Waals surface area (Å²) in [6, 6.07) is 15.5. The second-order valence-corrected chi connectivity index (χ2v) is 6.50. The van der Waals surface area contributed by atoms with E-state index in [1.165, 1.54) is 0 Å². The van der Waals surface area contributed by atoms with Crippen LogP contribution in [-0.4, -0.2) is 28.9 Å². The number of amides is 2. The predicted octanol–water partition coefficient (Wildman–Crippen LogP) is 4.99. The summed E-state index contributed by atoms with van der Waals surface area (Å²) in [5, 5.41) is 1.19. The van der Waals surface area contributed by atoms with Gasteiger partial charge in [-0.2, -0.15) is 0 Å². The molecule has 1 atom stereocenters. The molecule has 5 heteroatoms. The molecule has 1 aliphatic rings. The highest BCUT2D eigenvalue weighted by Gasteiger charge is 2.32. The van der Waals surface area contributed by atoms with Crippen molar-refractivity contribution in [2.45, 2.75) is 19.5 Å². The molecule has 23 heavy (non-hydrogen) atoms. The van der Waals surface area contributed by atoms with Gasteiger partial charge >= 0.3 is 6.03 Å². The van der Waals surface area contributed by atoms with Crippen LogP contribution in [0.25, 0.3) is 0 Å². The summed E-state index contributed by atoms with van der Waals surface area (Å²) in [5.41, 5.74) is 1.94. The molecule has 0 bridgehead atoms. The third kappa shape index (κ3) is 3.31. The maximum atomic E-state index is 12.7. The van der Waals surface area contributed by atoms with E-state index < -0.39 is 0 Å². The monoisotopic (exact) mass is 348 g/mol. The second kappa shape index (κ2) is 6.81. The van der Waals surface area contributed by atoms with E-state index in [0.717, 1.165) is 11.1 Å². The van der Waals surface area contributed by atoms with E-state index in [0.29, 0.717) is 29.7 Å². The predicted molar refractivity (Wildman–Crippen MR) is 93.8 cm³/mol. The summed E-state index contributed by atoms with van der Waals surface area (Å²) in [5.74, 6) is 0. The Morgan fingerprint density at radius 1 is 1.00 bits per heavy atom. The Morgan fingerprint density at radius 3 is 2.30 bits per heavy atom. The highest BCUT2D eigenvalue weighted by Crippen LogP contribution is 2.29. The summed E-state index contributed by atoms with van der Waals surface area (Å²) in [4.78, 5) is 16.4. The molecule has 0 aromatic heterocycles. The molecule has 2 amide bonds. The van der Waals surface area contributed by atoms with Crippen molar-refractivity contribution < 1.29 is 4.79 Å². The fourth-order valence-corrected chi connectivity index (χ4v) is 3.41. The van der Waals surface area contributed by atoms with Gasteiger partial charge in [0.25, 0.3) is 0 Å². The largest absolute Gasteiger partial charge is 0.320 e. The van der Waals surface area contributed by atoms with Gasteiger partial charge in [0.2, 0.25) is 0 Å². The molecular formula is C18H18Cl2N2O. The van der Waals surface area contributed by atoms with Crippen molar-refractivity contribution in [2.24, 2.45) is 0 Å². The van der Waals surface area contributed by atoms with Gasteiger partial charge in [0.05, 0.1) is 12.6 Å². The number of carbonyl (C=O) groups excluding carboxylic acids is 1. The molecule has 1 saturated heterocycles. The van der Waals surface area contributed by atoms with E-state index in [9.17, 15) is 4.79 Å². The van der Waals surface area contributed by atoms with Crippen molar-refractivity contribution in [3.8, 4) is 0 Å². The Kier molecular flexibility index (Phi) is 4.79. The van der Waals surface area contributed by atoms with E-state index in [-0.39, 0.29) is 12.1 Å². The zero-order chi connectivity index (χ0) is 16.4. The highest BCUT2D eigenvalue weighted by atomic mass is 35.5. The molecule has 1 aliphatic heterocycles. The third-order valence-electron chi connectivity index (χ3n) is 4.29. The summed E-state index contributed by atoms with van der Waals surface area (Å²) >= 11 is 12.4. The lowest BCUT2D eigenvalue weighted by Crippen LogP contribution is -2.33. The molecule has 0 saturated carbocycles. The van der Waals surface area contributed by atoms with Crippen molar-refractivity contribution in [1.29, 1.82) is 0 Å². The van der Waals surface area contributed by atoms with Crippen molar-refractivity contribution in [1.82, 2.24) is 9.80 Å². The zero-order valence-corrected chi connectivity index (χ0v) is 14.4. The van der Waals surface area contributed by atoms with Gasteiger partial charge < -0.3 is 9.80 Å². The lowest BCUT2D eigenvalue weighted by Gasteiger charge is -2.25. The third-order valence-corrected chi connectivity index (χ3v) is 5.00.